The molecule has 1 N–H and O–H groups in total. The van der Waals surface area contributed by atoms with E-state index >= 15 is 4.39 Å². The van der Waals surface area contributed by atoms with E-state index in [2.05, 4.69) is 0 Å². The van der Waals surface area contributed by atoms with Crippen LogP contribution < -0.4 is 9.64 Å². The molecule has 0 bridgehead atoms. The molecule has 0 saturated carbocycles. The van der Waals surface area contributed by atoms with E-state index in [1.165, 1.54) is 11.0 Å². The molecular weight excluding hydrogens is 585 g/mol. The minimum atomic E-state index is -4.99. The summed E-state index contributed by atoms with van der Waals surface area (Å²) < 4.78 is 82.5. The number of hydrogen-bond acceptors (Lipinski definition) is 4. The molecule has 0 radical (unpaired) electrons. The fourth-order valence-electron chi connectivity index (χ4n) is 6.14. The van der Waals surface area contributed by atoms with Gasteiger partial charge in [-0.05, 0) is 112 Å². The summed E-state index contributed by atoms with van der Waals surface area (Å²) in [5.41, 5.74) is 0.412. The number of alkyl halides is 3. The van der Waals surface area contributed by atoms with Gasteiger partial charge in [0.15, 0.2) is 17.7 Å². The Hall–Kier alpha value is -3.99. The first-order valence-electron chi connectivity index (χ1n) is 14.2. The van der Waals surface area contributed by atoms with E-state index < -0.39 is 52.5 Å². The van der Waals surface area contributed by atoms with Gasteiger partial charge in [0, 0.05) is 23.4 Å². The van der Waals surface area contributed by atoms with Gasteiger partial charge in [-0.25, -0.2) is 13.6 Å². The first-order valence-corrected chi connectivity index (χ1v) is 14.2. The van der Waals surface area contributed by atoms with Crippen LogP contribution in [0.4, 0.5) is 27.6 Å². The lowest BCUT2D eigenvalue weighted by Crippen LogP contribution is -2.31. The van der Waals surface area contributed by atoms with Gasteiger partial charge in [0.25, 0.3) is 5.91 Å². The van der Waals surface area contributed by atoms with E-state index in [1.54, 1.807) is 40.7 Å². The summed E-state index contributed by atoms with van der Waals surface area (Å²) >= 11 is 0. The first kappa shape index (κ1) is 31.4. The van der Waals surface area contributed by atoms with Gasteiger partial charge < -0.3 is 19.5 Å². The van der Waals surface area contributed by atoms with Gasteiger partial charge in [-0.2, -0.15) is 13.2 Å². The fourth-order valence-corrected chi connectivity index (χ4v) is 6.14. The molecular formula is C33H32F5NO5. The molecule has 2 aliphatic rings. The average molecular weight is 618 g/mol. The Morgan fingerprint density at radius 2 is 1.73 bits per heavy atom. The number of anilines is 1. The van der Waals surface area contributed by atoms with Gasteiger partial charge in [0.1, 0.15) is 5.82 Å². The fraction of sp³-hybridized carbons (Fsp3) is 0.394. The smallest absolute Gasteiger partial charge is 0.417 e. The maximum Gasteiger partial charge on any atom is 0.417 e. The number of rotatable bonds is 5. The van der Waals surface area contributed by atoms with E-state index in [9.17, 15) is 32.3 Å². The van der Waals surface area contributed by atoms with Gasteiger partial charge in [-0.1, -0.05) is 0 Å². The number of carbonyl (C=O) groups is 2. The molecule has 1 amide bonds. The highest BCUT2D eigenvalue weighted by atomic mass is 19.4. The molecule has 44 heavy (non-hydrogen) atoms. The molecule has 2 aliphatic heterocycles. The second kappa shape index (κ2) is 11.2. The van der Waals surface area contributed by atoms with Crippen molar-refractivity contribution in [2.45, 2.75) is 71.8 Å². The number of halogens is 5. The van der Waals surface area contributed by atoms with Crippen LogP contribution in [-0.4, -0.2) is 35.7 Å². The van der Waals surface area contributed by atoms with E-state index in [-0.39, 0.29) is 36.0 Å². The number of nitrogens with zero attached hydrogens (tertiary/aromatic N) is 1. The lowest BCUT2D eigenvalue weighted by atomic mass is 9.83. The lowest BCUT2D eigenvalue weighted by Gasteiger charge is -2.30. The van der Waals surface area contributed by atoms with Gasteiger partial charge in [0.2, 0.25) is 0 Å². The molecule has 0 aromatic heterocycles. The van der Waals surface area contributed by atoms with Crippen LogP contribution in [-0.2, 0) is 28.5 Å². The third-order valence-electron chi connectivity index (χ3n) is 7.96. The molecule has 3 aromatic rings. The summed E-state index contributed by atoms with van der Waals surface area (Å²) in [6, 6.07) is 4.71. The molecule has 6 nitrogen and oxygen atoms in total. The predicted octanol–water partition coefficient (Wildman–Crippen LogP) is 7.74. The normalized spacial score (nSPS) is 15.5. The van der Waals surface area contributed by atoms with Crippen LogP contribution in [0, 0.1) is 25.5 Å². The SMILES string of the molecule is Cc1cc2c(c(-c3cc(F)c4c(c3C)CCCO4)c1[C@H](OC(C)(C)C)C(=O)O)CCN2C(=O)c1ccc(F)cc1C(F)(F)F. The number of hydrogen-bond donors (Lipinski definition) is 1. The van der Waals surface area contributed by atoms with Crippen LogP contribution in [0.3, 0.4) is 0 Å². The largest absolute Gasteiger partial charge is 0.490 e. The third kappa shape index (κ3) is 5.65. The number of ether oxygens (including phenoxy) is 2. The summed E-state index contributed by atoms with van der Waals surface area (Å²) in [4.78, 5) is 27.5. The highest BCUT2D eigenvalue weighted by Crippen LogP contribution is 2.48. The van der Waals surface area contributed by atoms with Crippen molar-refractivity contribution in [1.82, 2.24) is 0 Å². The van der Waals surface area contributed by atoms with Crippen LogP contribution in [0.2, 0.25) is 0 Å². The maximum atomic E-state index is 15.6. The molecule has 0 fully saturated rings. The zero-order valence-corrected chi connectivity index (χ0v) is 24.9. The van der Waals surface area contributed by atoms with E-state index in [0.29, 0.717) is 52.8 Å². The molecule has 1 atom stereocenters. The number of fused-ring (bicyclic) bond motifs is 2. The van der Waals surface area contributed by atoms with Crippen LogP contribution in [0.15, 0.2) is 30.3 Å². The number of aryl methyl sites for hydroxylation is 1. The van der Waals surface area contributed by atoms with Crippen molar-refractivity contribution < 1.29 is 46.1 Å². The van der Waals surface area contributed by atoms with Gasteiger partial charge in [0.05, 0.1) is 23.3 Å². The number of carboxylic acids is 1. The standard InChI is InChI=1S/C33H32F5NO5/c1-16-13-25-21(10-11-39(25)30(40)20-9-8-18(34)14-23(20)33(36,37)38)27(26(16)29(31(41)42)44-32(3,4)5)22-15-24(35)28-19(17(22)2)7-6-12-43-28/h8-9,13-15,29H,6-7,10-12H2,1-5H3,(H,41,42)/t29-/m0/s1. The molecule has 5 rings (SSSR count). The lowest BCUT2D eigenvalue weighted by molar-refractivity contribution is -0.160. The number of carbonyl (C=O) groups excluding carboxylic acids is 1. The summed E-state index contributed by atoms with van der Waals surface area (Å²) in [5, 5.41) is 10.3. The van der Waals surface area contributed by atoms with Gasteiger partial charge >= 0.3 is 12.1 Å². The Labute approximate surface area is 251 Å². The van der Waals surface area contributed by atoms with Crippen molar-refractivity contribution in [3.05, 3.63) is 80.9 Å². The molecule has 234 valence electrons. The molecule has 2 heterocycles. The zero-order valence-electron chi connectivity index (χ0n) is 24.9. The van der Waals surface area contributed by atoms with Crippen LogP contribution in [0.25, 0.3) is 11.1 Å². The molecule has 0 unspecified atom stereocenters. The Morgan fingerprint density at radius 3 is 2.36 bits per heavy atom. The molecule has 0 spiro atoms. The Morgan fingerprint density at radius 1 is 1.02 bits per heavy atom. The Kier molecular flexibility index (Phi) is 7.99. The topological polar surface area (TPSA) is 76.1 Å². The summed E-state index contributed by atoms with van der Waals surface area (Å²) in [6.07, 6.45) is -5.14. The summed E-state index contributed by atoms with van der Waals surface area (Å²) in [7, 11) is 0. The van der Waals surface area contributed by atoms with Crippen molar-refractivity contribution in [1.29, 1.82) is 0 Å². The molecule has 3 aromatic carbocycles. The second-order valence-corrected chi connectivity index (χ2v) is 12.1. The maximum absolute atomic E-state index is 15.6. The number of aliphatic carboxylic acids is 1. The predicted molar refractivity (Wildman–Crippen MR) is 153 cm³/mol. The van der Waals surface area contributed by atoms with E-state index in [4.69, 9.17) is 9.47 Å². The van der Waals surface area contributed by atoms with Crippen LogP contribution >= 0.6 is 0 Å². The van der Waals surface area contributed by atoms with Crippen molar-refractivity contribution in [2.24, 2.45) is 0 Å². The van der Waals surface area contributed by atoms with Crippen molar-refractivity contribution in [3.63, 3.8) is 0 Å². The molecule has 0 aliphatic carbocycles. The first-order chi connectivity index (χ1) is 20.5. The molecule has 0 saturated heterocycles. The monoisotopic (exact) mass is 617 g/mol. The minimum Gasteiger partial charge on any atom is -0.490 e. The quantitative estimate of drug-likeness (QED) is 0.297. The highest BCUT2D eigenvalue weighted by Gasteiger charge is 2.40. The number of amides is 1. The van der Waals surface area contributed by atoms with Crippen molar-refractivity contribution in [2.75, 3.05) is 18.1 Å². The third-order valence-corrected chi connectivity index (χ3v) is 7.96. The van der Waals surface area contributed by atoms with E-state index in [1.807, 2.05) is 0 Å². The van der Waals surface area contributed by atoms with Crippen LogP contribution in [0.5, 0.6) is 5.75 Å². The van der Waals surface area contributed by atoms with E-state index in [0.717, 1.165) is 12.1 Å². The second-order valence-electron chi connectivity index (χ2n) is 12.1. The number of benzene rings is 3. The van der Waals surface area contributed by atoms with Crippen LogP contribution in [0.1, 0.15) is 77.0 Å². The average Bonchev–Trinajstić information content (AvgIpc) is 3.35. The molecule has 11 heteroatoms. The van der Waals surface area contributed by atoms with Gasteiger partial charge in [-0.15, -0.1) is 0 Å². The van der Waals surface area contributed by atoms with Crippen molar-refractivity contribution >= 4 is 17.6 Å². The Balaban J connectivity index is 1.78. The van der Waals surface area contributed by atoms with Gasteiger partial charge in [-0.3, -0.25) is 4.79 Å². The summed E-state index contributed by atoms with van der Waals surface area (Å²) in [6.45, 7) is 8.83. The Bertz CT molecular complexity index is 1670. The zero-order chi connectivity index (χ0) is 32.3. The summed E-state index contributed by atoms with van der Waals surface area (Å²) in [5.74, 6) is -3.90. The minimum absolute atomic E-state index is 0.0355. The highest BCUT2D eigenvalue weighted by molar-refractivity contribution is 6.09. The number of carboxylic acid groups (broad SMARTS) is 1. The van der Waals surface area contributed by atoms with Crippen molar-refractivity contribution in [3.8, 4) is 16.9 Å².